The van der Waals surface area contributed by atoms with Crippen LogP contribution in [-0.2, 0) is 4.79 Å². The van der Waals surface area contributed by atoms with Gasteiger partial charge in [0.1, 0.15) is 6.04 Å². The van der Waals surface area contributed by atoms with Crippen LogP contribution in [0.4, 0.5) is 4.79 Å². The van der Waals surface area contributed by atoms with E-state index in [0.717, 1.165) is 6.20 Å². The maximum absolute atomic E-state index is 11.6. The van der Waals surface area contributed by atoms with Gasteiger partial charge < -0.3 is 10.4 Å². The number of imide groups is 1. The van der Waals surface area contributed by atoms with Crippen LogP contribution < -0.4 is 10.6 Å². The van der Waals surface area contributed by atoms with Crippen LogP contribution in [0.2, 0.25) is 0 Å². The second kappa shape index (κ2) is 5.80. The molecule has 0 aliphatic heterocycles. The molecule has 3 amide bonds. The number of hydrogen-bond donors (Lipinski definition) is 3. The van der Waals surface area contributed by atoms with Gasteiger partial charge in [-0.25, -0.2) is 9.59 Å². The van der Waals surface area contributed by atoms with Crippen molar-refractivity contribution in [2.75, 3.05) is 6.54 Å². The molecular weight excluding hydrogens is 240 g/mol. The lowest BCUT2D eigenvalue weighted by Gasteiger charge is -2.11. The second-order valence-corrected chi connectivity index (χ2v) is 3.54. The highest BCUT2D eigenvalue weighted by Crippen LogP contribution is 2.06. The van der Waals surface area contributed by atoms with E-state index in [-0.39, 0.29) is 5.56 Å². The van der Waals surface area contributed by atoms with Crippen molar-refractivity contribution in [1.82, 2.24) is 20.4 Å². The lowest BCUT2D eigenvalue weighted by atomic mass is 10.3. The van der Waals surface area contributed by atoms with E-state index < -0.39 is 23.9 Å². The van der Waals surface area contributed by atoms with Gasteiger partial charge in [0.15, 0.2) is 0 Å². The molecule has 1 rings (SSSR count). The molecule has 0 aliphatic carbocycles. The minimum absolute atomic E-state index is 0.0207. The summed E-state index contributed by atoms with van der Waals surface area (Å²) in [7, 11) is 0. The Morgan fingerprint density at radius 1 is 1.50 bits per heavy atom. The van der Waals surface area contributed by atoms with Crippen molar-refractivity contribution in [2.24, 2.45) is 0 Å². The smallest absolute Gasteiger partial charge is 0.338 e. The van der Waals surface area contributed by atoms with Crippen molar-refractivity contribution >= 4 is 17.9 Å². The number of carbonyl (C=O) groups is 3. The molecule has 0 aromatic carbocycles. The van der Waals surface area contributed by atoms with Crippen LogP contribution in [0, 0.1) is 0 Å². The monoisotopic (exact) mass is 254 g/mol. The topological polar surface area (TPSA) is 113 Å². The average Bonchev–Trinajstić information content (AvgIpc) is 2.77. The van der Waals surface area contributed by atoms with Gasteiger partial charge in [-0.3, -0.25) is 14.8 Å². The Hall–Kier alpha value is -2.38. The molecular formula is C10H14N4O4. The summed E-state index contributed by atoms with van der Waals surface area (Å²) in [5.74, 6) is -1.70. The lowest BCUT2D eigenvalue weighted by molar-refractivity contribution is -0.123. The number of aromatic nitrogens is 2. The SMILES string of the molecule is CCNC(=O)NC(=O)C(C)n1cc(C(=O)O)cn1. The van der Waals surface area contributed by atoms with Crippen molar-refractivity contribution in [3.8, 4) is 0 Å². The van der Waals surface area contributed by atoms with Gasteiger partial charge in [0, 0.05) is 12.7 Å². The number of hydrogen-bond acceptors (Lipinski definition) is 4. The third kappa shape index (κ3) is 3.30. The molecule has 0 fully saturated rings. The maximum atomic E-state index is 11.6. The van der Waals surface area contributed by atoms with Crippen molar-refractivity contribution < 1.29 is 19.5 Å². The number of carboxylic acid groups (broad SMARTS) is 1. The van der Waals surface area contributed by atoms with E-state index in [1.54, 1.807) is 6.92 Å². The number of urea groups is 1. The molecule has 0 aliphatic rings. The minimum atomic E-state index is -1.13. The van der Waals surface area contributed by atoms with Crippen LogP contribution >= 0.6 is 0 Å². The maximum Gasteiger partial charge on any atom is 0.338 e. The zero-order valence-corrected chi connectivity index (χ0v) is 10.0. The molecule has 8 heteroatoms. The summed E-state index contributed by atoms with van der Waals surface area (Å²) >= 11 is 0. The number of amides is 3. The summed E-state index contributed by atoms with van der Waals surface area (Å²) in [6.07, 6.45) is 2.36. The van der Waals surface area contributed by atoms with E-state index in [1.165, 1.54) is 17.8 Å². The first-order chi connectivity index (χ1) is 8.45. The number of aromatic carboxylic acids is 1. The highest BCUT2D eigenvalue weighted by atomic mass is 16.4. The molecule has 0 saturated heterocycles. The van der Waals surface area contributed by atoms with Gasteiger partial charge in [0.05, 0.1) is 11.8 Å². The molecule has 0 bridgehead atoms. The molecule has 3 N–H and O–H groups in total. The van der Waals surface area contributed by atoms with Gasteiger partial charge in [0.25, 0.3) is 5.91 Å². The summed E-state index contributed by atoms with van der Waals surface area (Å²) in [5.41, 5.74) is -0.0207. The van der Waals surface area contributed by atoms with Gasteiger partial charge in [-0.2, -0.15) is 5.10 Å². The van der Waals surface area contributed by atoms with Gasteiger partial charge in [-0.05, 0) is 13.8 Å². The number of nitrogens with one attached hydrogen (secondary N) is 2. The molecule has 0 spiro atoms. The van der Waals surface area contributed by atoms with E-state index >= 15 is 0 Å². The first-order valence-corrected chi connectivity index (χ1v) is 5.31. The van der Waals surface area contributed by atoms with E-state index in [1.807, 2.05) is 0 Å². The zero-order chi connectivity index (χ0) is 13.7. The Kier molecular flexibility index (Phi) is 4.41. The molecule has 1 heterocycles. The lowest BCUT2D eigenvalue weighted by Crippen LogP contribution is -2.42. The van der Waals surface area contributed by atoms with Crippen LogP contribution in [0.15, 0.2) is 12.4 Å². The third-order valence-electron chi connectivity index (χ3n) is 2.20. The van der Waals surface area contributed by atoms with Crippen LogP contribution in [-0.4, -0.2) is 39.3 Å². The Morgan fingerprint density at radius 3 is 2.67 bits per heavy atom. The predicted octanol–water partition coefficient (Wildman–Crippen LogP) is -0.0120. The van der Waals surface area contributed by atoms with Crippen LogP contribution in [0.25, 0.3) is 0 Å². The van der Waals surface area contributed by atoms with Gasteiger partial charge >= 0.3 is 12.0 Å². The molecule has 1 aromatic heterocycles. The highest BCUT2D eigenvalue weighted by molar-refractivity contribution is 5.96. The predicted molar refractivity (Wildman–Crippen MR) is 61.1 cm³/mol. The average molecular weight is 254 g/mol. The summed E-state index contributed by atoms with van der Waals surface area (Å²) in [6.45, 7) is 3.63. The van der Waals surface area contributed by atoms with Crippen LogP contribution in [0.3, 0.4) is 0 Å². The Bertz CT molecular complexity index is 468. The summed E-state index contributed by atoms with van der Waals surface area (Å²) in [4.78, 5) is 33.4. The Morgan fingerprint density at radius 2 is 2.17 bits per heavy atom. The quantitative estimate of drug-likeness (QED) is 0.699. The number of nitrogens with zero attached hydrogens (tertiary/aromatic N) is 2. The minimum Gasteiger partial charge on any atom is -0.478 e. The fourth-order valence-electron chi connectivity index (χ4n) is 1.20. The Labute approximate surface area is 103 Å². The van der Waals surface area contributed by atoms with E-state index in [9.17, 15) is 14.4 Å². The molecule has 0 saturated carbocycles. The first kappa shape index (κ1) is 13.7. The molecule has 8 nitrogen and oxygen atoms in total. The summed E-state index contributed by atoms with van der Waals surface area (Å²) in [6, 6.07) is -1.37. The largest absolute Gasteiger partial charge is 0.478 e. The third-order valence-corrected chi connectivity index (χ3v) is 2.20. The molecule has 18 heavy (non-hydrogen) atoms. The number of rotatable bonds is 4. The standard InChI is InChI=1S/C10H14N4O4/c1-3-11-10(18)13-8(15)6(2)14-5-7(4-12-14)9(16)17/h4-6H,3H2,1-2H3,(H,16,17)(H2,11,13,15,18). The molecule has 1 aromatic rings. The fraction of sp³-hybridized carbons (Fsp3) is 0.400. The molecule has 98 valence electrons. The van der Waals surface area contributed by atoms with E-state index in [0.29, 0.717) is 6.54 Å². The first-order valence-electron chi connectivity index (χ1n) is 5.31. The second-order valence-electron chi connectivity index (χ2n) is 3.54. The van der Waals surface area contributed by atoms with Gasteiger partial charge in [-0.15, -0.1) is 0 Å². The fourth-order valence-corrected chi connectivity index (χ4v) is 1.20. The normalized spacial score (nSPS) is 11.7. The summed E-state index contributed by atoms with van der Waals surface area (Å²) < 4.78 is 1.18. The highest BCUT2D eigenvalue weighted by Gasteiger charge is 2.19. The summed E-state index contributed by atoms with van der Waals surface area (Å²) in [5, 5.41) is 17.0. The van der Waals surface area contributed by atoms with Gasteiger partial charge in [0.2, 0.25) is 0 Å². The molecule has 1 unspecified atom stereocenters. The van der Waals surface area contributed by atoms with E-state index in [2.05, 4.69) is 15.7 Å². The van der Waals surface area contributed by atoms with Crippen molar-refractivity contribution in [2.45, 2.75) is 19.9 Å². The van der Waals surface area contributed by atoms with Gasteiger partial charge in [-0.1, -0.05) is 0 Å². The number of carbonyl (C=O) groups excluding carboxylic acids is 2. The molecule has 0 radical (unpaired) electrons. The van der Waals surface area contributed by atoms with E-state index in [4.69, 9.17) is 5.11 Å². The van der Waals surface area contributed by atoms with Crippen LogP contribution in [0.5, 0.6) is 0 Å². The van der Waals surface area contributed by atoms with Crippen molar-refractivity contribution in [3.63, 3.8) is 0 Å². The van der Waals surface area contributed by atoms with Crippen LogP contribution in [0.1, 0.15) is 30.2 Å². The Balaban J connectivity index is 2.68. The molecule has 1 atom stereocenters. The van der Waals surface area contributed by atoms with Crippen molar-refractivity contribution in [3.05, 3.63) is 18.0 Å². The van der Waals surface area contributed by atoms with Crippen molar-refractivity contribution in [1.29, 1.82) is 0 Å². The zero-order valence-electron chi connectivity index (χ0n) is 10.0. The number of carboxylic acids is 1.